The Balaban J connectivity index is 2.10. The molecule has 0 bridgehead atoms. The van der Waals surface area contributed by atoms with Gasteiger partial charge in [-0.1, -0.05) is 68.5 Å². The lowest BCUT2D eigenvalue weighted by Crippen LogP contribution is -2.48. The maximum atomic E-state index is 13.5. The van der Waals surface area contributed by atoms with E-state index in [1.165, 1.54) is 0 Å². The fourth-order valence-corrected chi connectivity index (χ4v) is 3.67. The molecule has 4 nitrogen and oxygen atoms in total. The van der Waals surface area contributed by atoms with Gasteiger partial charge in [0.25, 0.3) is 0 Å². The van der Waals surface area contributed by atoms with E-state index in [0.717, 1.165) is 11.1 Å². The van der Waals surface area contributed by atoms with Gasteiger partial charge in [-0.15, -0.1) is 0 Å². The molecule has 1 unspecified atom stereocenters. The number of aliphatic hydroxyl groups excluding tert-OH is 1. The van der Waals surface area contributed by atoms with Crippen molar-refractivity contribution in [3.05, 3.63) is 83.7 Å². The van der Waals surface area contributed by atoms with Crippen LogP contribution in [0.5, 0.6) is 0 Å². The first-order valence-electron chi connectivity index (χ1n) is 8.73. The van der Waals surface area contributed by atoms with Crippen molar-refractivity contribution < 1.29 is 9.90 Å². The van der Waals surface area contributed by atoms with E-state index in [1.807, 2.05) is 56.3 Å². The van der Waals surface area contributed by atoms with Gasteiger partial charge in [-0.25, -0.2) is 4.98 Å². The molecule has 0 radical (unpaired) electrons. The number of carbonyl (C=O) groups excluding carboxylic acids is 1. The number of pyridine rings is 1. The van der Waals surface area contributed by atoms with E-state index in [4.69, 9.17) is 5.73 Å². The van der Waals surface area contributed by atoms with Crippen LogP contribution in [0.15, 0.2) is 66.8 Å². The van der Waals surface area contributed by atoms with Crippen LogP contribution in [0.2, 0.25) is 0 Å². The van der Waals surface area contributed by atoms with E-state index in [-0.39, 0.29) is 18.9 Å². The van der Waals surface area contributed by atoms with Crippen LogP contribution in [0.25, 0.3) is 5.57 Å². The second-order valence-electron chi connectivity index (χ2n) is 7.11. The van der Waals surface area contributed by atoms with Crippen molar-refractivity contribution >= 4 is 11.4 Å². The quantitative estimate of drug-likeness (QED) is 0.812. The zero-order chi connectivity index (χ0) is 18.8. The van der Waals surface area contributed by atoms with Crippen molar-refractivity contribution in [3.8, 4) is 0 Å². The zero-order valence-electron chi connectivity index (χ0n) is 15.1. The molecule has 1 aliphatic rings. The second kappa shape index (κ2) is 6.98. The van der Waals surface area contributed by atoms with E-state index in [9.17, 15) is 9.90 Å². The molecule has 26 heavy (non-hydrogen) atoms. The normalized spacial score (nSPS) is 21.3. The summed E-state index contributed by atoms with van der Waals surface area (Å²) in [5.74, 6) is -0.196. The minimum Gasteiger partial charge on any atom is -0.395 e. The first-order chi connectivity index (χ1) is 12.5. The molecule has 1 aromatic heterocycles. The molecular weight excluding hydrogens is 324 g/mol. The minimum atomic E-state index is -1.09. The predicted molar refractivity (Wildman–Crippen MR) is 103 cm³/mol. The summed E-state index contributed by atoms with van der Waals surface area (Å²) < 4.78 is 0. The summed E-state index contributed by atoms with van der Waals surface area (Å²) in [6, 6.07) is 15.2. The van der Waals surface area contributed by atoms with Gasteiger partial charge in [0, 0.05) is 12.0 Å². The van der Waals surface area contributed by atoms with Crippen LogP contribution in [-0.4, -0.2) is 22.5 Å². The highest BCUT2D eigenvalue weighted by Gasteiger charge is 2.52. The van der Waals surface area contributed by atoms with Crippen molar-refractivity contribution in [1.82, 2.24) is 4.98 Å². The highest BCUT2D eigenvalue weighted by atomic mass is 16.3. The number of benzene rings is 1. The van der Waals surface area contributed by atoms with Gasteiger partial charge in [-0.3, -0.25) is 4.79 Å². The number of ketones is 1. The Morgan fingerprint density at radius 3 is 2.50 bits per heavy atom. The minimum absolute atomic E-state index is 0.196. The van der Waals surface area contributed by atoms with Crippen molar-refractivity contribution in [2.75, 3.05) is 6.61 Å². The second-order valence-corrected chi connectivity index (χ2v) is 7.11. The van der Waals surface area contributed by atoms with Crippen molar-refractivity contribution in [2.45, 2.75) is 20.4 Å². The average molecular weight is 348 g/mol. The number of aromatic nitrogens is 1. The summed E-state index contributed by atoms with van der Waals surface area (Å²) in [4.78, 5) is 17.9. The molecule has 1 aromatic carbocycles. The van der Waals surface area contributed by atoms with E-state index >= 15 is 0 Å². The lowest BCUT2D eigenvalue weighted by Gasteiger charge is -2.46. The Morgan fingerprint density at radius 2 is 1.85 bits per heavy atom. The molecule has 1 atom stereocenters. The third kappa shape index (κ3) is 2.81. The number of aliphatic hydroxyl groups is 1. The van der Waals surface area contributed by atoms with E-state index < -0.39 is 10.8 Å². The Kier molecular flexibility index (Phi) is 4.90. The monoisotopic (exact) mass is 348 g/mol. The van der Waals surface area contributed by atoms with Gasteiger partial charge in [0.2, 0.25) is 0 Å². The van der Waals surface area contributed by atoms with Gasteiger partial charge in [0.1, 0.15) is 5.69 Å². The van der Waals surface area contributed by atoms with Gasteiger partial charge in [-0.05, 0) is 23.3 Å². The average Bonchev–Trinajstić information content (AvgIpc) is 2.68. The molecule has 0 amide bonds. The third-order valence-electron chi connectivity index (χ3n) is 5.42. The van der Waals surface area contributed by atoms with E-state index in [1.54, 1.807) is 24.3 Å². The third-order valence-corrected chi connectivity index (χ3v) is 5.42. The van der Waals surface area contributed by atoms with Crippen LogP contribution in [0, 0.1) is 10.8 Å². The number of allylic oxidation sites excluding steroid dienone is 3. The Bertz CT molecular complexity index is 869. The maximum Gasteiger partial charge on any atom is 0.194 e. The summed E-state index contributed by atoms with van der Waals surface area (Å²) in [5.41, 5.74) is 6.99. The summed E-state index contributed by atoms with van der Waals surface area (Å²) in [7, 11) is 0. The summed E-state index contributed by atoms with van der Waals surface area (Å²) in [6.45, 7) is 3.96. The van der Waals surface area contributed by atoms with Crippen LogP contribution >= 0.6 is 0 Å². The number of rotatable bonds is 5. The van der Waals surface area contributed by atoms with Crippen molar-refractivity contribution in [3.63, 3.8) is 0 Å². The molecule has 4 heteroatoms. The van der Waals surface area contributed by atoms with Crippen LogP contribution in [-0.2, 0) is 6.54 Å². The van der Waals surface area contributed by atoms with Crippen molar-refractivity contribution in [1.29, 1.82) is 0 Å². The summed E-state index contributed by atoms with van der Waals surface area (Å²) >= 11 is 0. The SMILES string of the molecule is CC1(C)C(c2ccccc2)=CC=CC1(CO)C(=O)c1cccc(CN)n1. The molecule has 0 saturated heterocycles. The Labute approximate surface area is 154 Å². The van der Waals surface area contributed by atoms with Crippen LogP contribution in [0.4, 0.5) is 0 Å². The van der Waals surface area contributed by atoms with Crippen LogP contribution in [0.3, 0.4) is 0 Å². The number of carbonyl (C=O) groups is 1. The van der Waals surface area contributed by atoms with Gasteiger partial charge in [0.05, 0.1) is 17.7 Å². The van der Waals surface area contributed by atoms with E-state index in [2.05, 4.69) is 4.98 Å². The van der Waals surface area contributed by atoms with Crippen molar-refractivity contribution in [2.24, 2.45) is 16.6 Å². The Morgan fingerprint density at radius 1 is 1.12 bits per heavy atom. The number of Topliss-reactive ketones (excluding diaryl/α,β-unsaturated/α-hetero) is 1. The van der Waals surface area contributed by atoms with Gasteiger partial charge in [0.15, 0.2) is 5.78 Å². The van der Waals surface area contributed by atoms with Crippen LogP contribution < -0.4 is 5.73 Å². The molecule has 1 aliphatic carbocycles. The summed E-state index contributed by atoms with van der Waals surface area (Å²) in [5, 5.41) is 10.3. The molecule has 0 saturated carbocycles. The fraction of sp³-hybridized carbons (Fsp3) is 0.273. The van der Waals surface area contributed by atoms with Crippen LogP contribution in [0.1, 0.15) is 35.6 Å². The number of hydrogen-bond donors (Lipinski definition) is 2. The predicted octanol–water partition coefficient (Wildman–Crippen LogP) is 3.38. The molecule has 1 heterocycles. The lowest BCUT2D eigenvalue weighted by atomic mass is 9.56. The number of nitrogens with zero attached hydrogens (tertiary/aromatic N) is 1. The number of hydrogen-bond acceptors (Lipinski definition) is 4. The molecule has 3 N–H and O–H groups in total. The first kappa shape index (κ1) is 18.2. The van der Waals surface area contributed by atoms with Gasteiger partial charge < -0.3 is 10.8 Å². The van der Waals surface area contributed by atoms with Gasteiger partial charge >= 0.3 is 0 Å². The Hall–Kier alpha value is -2.56. The highest BCUT2D eigenvalue weighted by Crippen LogP contribution is 2.53. The molecule has 0 spiro atoms. The lowest BCUT2D eigenvalue weighted by molar-refractivity contribution is 0.0518. The largest absolute Gasteiger partial charge is 0.395 e. The zero-order valence-corrected chi connectivity index (χ0v) is 15.1. The molecule has 134 valence electrons. The fourth-order valence-electron chi connectivity index (χ4n) is 3.67. The first-order valence-corrected chi connectivity index (χ1v) is 8.73. The molecule has 3 rings (SSSR count). The molecular formula is C22H24N2O2. The number of nitrogens with two attached hydrogens (primary N) is 1. The maximum absolute atomic E-state index is 13.5. The summed E-state index contributed by atoms with van der Waals surface area (Å²) in [6.07, 6.45) is 5.67. The van der Waals surface area contributed by atoms with E-state index in [0.29, 0.717) is 11.4 Å². The molecule has 2 aromatic rings. The molecule has 0 fully saturated rings. The van der Waals surface area contributed by atoms with Gasteiger partial charge in [-0.2, -0.15) is 0 Å². The topological polar surface area (TPSA) is 76.2 Å². The smallest absolute Gasteiger partial charge is 0.194 e. The highest BCUT2D eigenvalue weighted by molar-refractivity contribution is 6.03. The molecule has 0 aliphatic heterocycles. The standard InChI is InChI=1S/C22H24N2O2/c1-21(2)18(16-8-4-3-5-9-16)11-7-13-22(21,15-25)20(26)19-12-6-10-17(14-23)24-19/h3-13,25H,14-15,23H2,1-2H3.